The molecule has 0 fully saturated rings. The fraction of sp³-hybridized carbons (Fsp3) is 0. The zero-order chi connectivity index (χ0) is 22.4. The second-order valence-corrected chi connectivity index (χ2v) is 7.80. The molecule has 0 spiro atoms. The van der Waals surface area contributed by atoms with Crippen LogP contribution in [-0.4, -0.2) is 22.2 Å². The van der Waals surface area contributed by atoms with Crippen LogP contribution in [0.2, 0.25) is 0 Å². The summed E-state index contributed by atoms with van der Waals surface area (Å²) < 4.78 is 0. The molecule has 2 aromatic rings. The minimum atomic E-state index is 0. The second-order valence-electron chi connectivity index (χ2n) is 7.80. The Balaban J connectivity index is 0.00000241. The molecule has 0 amide bonds. The molecule has 0 saturated carbocycles. The Labute approximate surface area is 209 Å². The Kier molecular flexibility index (Phi) is 5.56. The summed E-state index contributed by atoms with van der Waals surface area (Å²) in [4.78, 5) is 19.0. The third-order valence-corrected chi connectivity index (χ3v) is 5.60. The predicted molar refractivity (Wildman–Crippen MR) is 133 cm³/mol. The number of aliphatic hydroxyl groups excluding tert-OH is 1. The summed E-state index contributed by atoms with van der Waals surface area (Å²) in [6.07, 6.45) is 16.4. The van der Waals surface area contributed by atoms with Crippen molar-refractivity contribution in [2.75, 3.05) is 0 Å². The third kappa shape index (κ3) is 3.91. The fourth-order valence-electron chi connectivity index (χ4n) is 4.04. The van der Waals surface area contributed by atoms with Crippen LogP contribution in [0, 0.1) is 0 Å². The number of nitrogens with one attached hydrogen (secondary N) is 1. The molecule has 8 bridgehead atoms. The molecule has 0 saturated heterocycles. The van der Waals surface area contributed by atoms with Gasteiger partial charge in [-0.1, -0.05) is 42.5 Å². The molecular weight excluding hydrogens is 476 g/mol. The van der Waals surface area contributed by atoms with Gasteiger partial charge in [0.05, 0.1) is 40.5 Å². The van der Waals surface area contributed by atoms with Crippen molar-refractivity contribution in [3.63, 3.8) is 0 Å². The van der Waals surface area contributed by atoms with E-state index in [1.807, 2.05) is 72.9 Å². The van der Waals surface area contributed by atoms with Crippen LogP contribution in [0.1, 0.15) is 17.0 Å². The molecule has 0 aliphatic carbocycles. The molecule has 2 N–H and O–H groups in total. The molecule has 1 aromatic carbocycles. The molecule has 4 aliphatic heterocycles. The van der Waals surface area contributed by atoms with Gasteiger partial charge in [-0.25, -0.2) is 15.0 Å². The van der Waals surface area contributed by atoms with Gasteiger partial charge < -0.3 is 15.8 Å². The summed E-state index contributed by atoms with van der Waals surface area (Å²) in [6.45, 7) is 0. The quantitative estimate of drug-likeness (QED) is 0.396. The van der Waals surface area contributed by atoms with Crippen molar-refractivity contribution in [1.29, 1.82) is 0 Å². The summed E-state index contributed by atoms with van der Waals surface area (Å²) >= 11 is 0. The van der Waals surface area contributed by atoms with E-state index in [0.717, 1.165) is 51.6 Å². The Hall–Kier alpha value is -4.09. The topological polar surface area (TPSA) is 95.2 Å². The van der Waals surface area contributed by atoms with Crippen molar-refractivity contribution in [1.82, 2.24) is 4.98 Å². The Morgan fingerprint density at radius 1 is 0.765 bits per heavy atom. The van der Waals surface area contributed by atoms with Gasteiger partial charge >= 0.3 is 19.5 Å². The maximum Gasteiger partial charge on any atom is 2.00 e. The number of hydrogen-bond acceptors (Lipinski definition) is 4. The first-order chi connectivity index (χ1) is 16.2. The third-order valence-electron chi connectivity index (χ3n) is 5.60. The molecule has 34 heavy (non-hydrogen) atoms. The number of allylic oxidation sites excluding steroid dienone is 9. The normalized spacial score (nSPS) is 19.1. The van der Waals surface area contributed by atoms with Gasteiger partial charge in [-0.15, -0.1) is 17.1 Å². The molecule has 1 aromatic heterocycles. The van der Waals surface area contributed by atoms with Crippen molar-refractivity contribution in [3.8, 4) is 0 Å². The van der Waals surface area contributed by atoms with Crippen molar-refractivity contribution >= 4 is 40.0 Å². The monoisotopic (exact) mass is 491 g/mol. The summed E-state index contributed by atoms with van der Waals surface area (Å²) in [5.41, 5.74) is 16.6. The van der Waals surface area contributed by atoms with E-state index in [0.29, 0.717) is 22.7 Å². The molecule has 0 unspecified atom stereocenters. The number of aromatic nitrogens is 1. The van der Waals surface area contributed by atoms with Crippen LogP contribution in [0.5, 0.6) is 0 Å². The van der Waals surface area contributed by atoms with Crippen LogP contribution in [0.4, 0.5) is 5.69 Å². The van der Waals surface area contributed by atoms with Crippen molar-refractivity contribution in [2.24, 2.45) is 15.0 Å². The number of aliphatic hydroxyl groups is 1. The van der Waals surface area contributed by atoms with Crippen molar-refractivity contribution in [3.05, 3.63) is 125 Å². The van der Waals surface area contributed by atoms with Gasteiger partial charge in [-0.3, -0.25) is 0 Å². The maximum absolute atomic E-state index is 9.86. The maximum atomic E-state index is 9.86. The fourth-order valence-corrected chi connectivity index (χ4v) is 4.04. The van der Waals surface area contributed by atoms with E-state index >= 15 is 0 Å². The molecule has 6 rings (SSSR count). The summed E-state index contributed by atoms with van der Waals surface area (Å²) in [5, 5.41) is 9.86. The first-order valence-electron chi connectivity index (χ1n) is 10.5. The summed E-state index contributed by atoms with van der Waals surface area (Å²) in [7, 11) is 0. The van der Waals surface area contributed by atoms with E-state index in [4.69, 9.17) is 15.7 Å². The van der Waals surface area contributed by atoms with Crippen LogP contribution >= 0.6 is 0 Å². The van der Waals surface area contributed by atoms with E-state index in [1.165, 1.54) is 0 Å². The first-order valence-corrected chi connectivity index (χ1v) is 10.5. The van der Waals surface area contributed by atoms with Crippen LogP contribution in [-0.2, 0) is 19.5 Å². The average molecular weight is 493 g/mol. The van der Waals surface area contributed by atoms with Crippen molar-refractivity contribution < 1.29 is 24.6 Å². The number of aliphatic imine (C=N–C) groups is 3. The van der Waals surface area contributed by atoms with Gasteiger partial charge in [0, 0.05) is 11.1 Å². The molecule has 6 nitrogen and oxygen atoms in total. The second kappa shape index (κ2) is 8.69. The molecule has 7 heteroatoms. The number of benzene rings is 1. The van der Waals surface area contributed by atoms with E-state index in [9.17, 15) is 5.11 Å². The van der Waals surface area contributed by atoms with Crippen LogP contribution in [0.25, 0.3) is 23.0 Å². The molecule has 0 radical (unpaired) electrons. The summed E-state index contributed by atoms with van der Waals surface area (Å²) in [6, 6.07) is 11.1. The van der Waals surface area contributed by atoms with Gasteiger partial charge in [0.15, 0.2) is 0 Å². The largest absolute Gasteiger partial charge is 2.00 e. The van der Waals surface area contributed by atoms with E-state index < -0.39 is 0 Å². The minimum absolute atomic E-state index is 0. The SMILES string of the molecule is [NH-]c1ccc(C2=C3C=CC(=N3)C=C3C=CC(=N3)/C(=C\O)c3ccc([n-]3)C=C3C=CC2=N3)cc1.[Zn+2]. The Bertz CT molecular complexity index is 1500. The van der Waals surface area contributed by atoms with Crippen LogP contribution in [0.15, 0.2) is 117 Å². The Morgan fingerprint density at radius 2 is 1.50 bits per heavy atom. The van der Waals surface area contributed by atoms with E-state index in [2.05, 4.69) is 9.98 Å². The smallest absolute Gasteiger partial charge is 0.699 e. The number of rotatable bonds is 1. The average Bonchev–Trinajstić information content (AvgIpc) is 3.61. The number of hydrogen-bond donors (Lipinski definition) is 1. The zero-order valence-electron chi connectivity index (χ0n) is 18.1. The van der Waals surface area contributed by atoms with Crippen LogP contribution in [0.3, 0.4) is 0 Å². The predicted octanol–water partition coefficient (Wildman–Crippen LogP) is 5.91. The molecule has 158 valence electrons. The van der Waals surface area contributed by atoms with E-state index in [-0.39, 0.29) is 19.5 Å². The van der Waals surface area contributed by atoms with E-state index in [1.54, 1.807) is 12.1 Å². The minimum Gasteiger partial charge on any atom is -0.699 e. The van der Waals surface area contributed by atoms with Crippen LogP contribution < -0.4 is 4.98 Å². The first kappa shape index (κ1) is 21.7. The Morgan fingerprint density at radius 3 is 2.29 bits per heavy atom. The van der Waals surface area contributed by atoms with Crippen molar-refractivity contribution in [2.45, 2.75) is 0 Å². The van der Waals surface area contributed by atoms with Gasteiger partial charge in [-0.05, 0) is 48.1 Å². The molecular formula is C27H17N5OZn. The van der Waals surface area contributed by atoms with Gasteiger partial charge in [-0.2, -0.15) is 0 Å². The standard InChI is InChI=1S/C27H17N5O.Zn/c28-17-3-1-16(2-4-17)27-25-11-7-20(31-25)13-18-5-9-23(29-18)22(15-33)24-10-6-19(30-24)14-21-8-12-26(27)32-21;/h1-15H,(H2-2,28,29,30,31,32,33);/q-2;+2. The van der Waals surface area contributed by atoms with Gasteiger partial charge in [0.2, 0.25) is 0 Å². The van der Waals surface area contributed by atoms with Gasteiger partial charge in [0.1, 0.15) is 0 Å². The molecule has 5 heterocycles. The number of fused-ring (bicyclic) bond motifs is 5. The zero-order valence-corrected chi connectivity index (χ0v) is 21.1. The summed E-state index contributed by atoms with van der Waals surface area (Å²) in [5.74, 6) is 0. The number of nitrogens with zero attached hydrogens (tertiary/aromatic N) is 4. The van der Waals surface area contributed by atoms with Gasteiger partial charge in [0.25, 0.3) is 0 Å². The molecule has 0 atom stereocenters. The molecule has 4 aliphatic rings.